The first-order valence-corrected chi connectivity index (χ1v) is 9.23. The largest absolute Gasteiger partial charge is 0.493 e. The van der Waals surface area contributed by atoms with Crippen LogP contribution in [-0.2, 0) is 13.2 Å². The van der Waals surface area contributed by atoms with Crippen molar-refractivity contribution in [3.63, 3.8) is 0 Å². The lowest BCUT2D eigenvalue weighted by Gasteiger charge is -2.18. The topological polar surface area (TPSA) is 31.6 Å². The second-order valence-corrected chi connectivity index (χ2v) is 7.05. The highest BCUT2D eigenvalue weighted by atomic mass is 35.5. The average Bonchev–Trinajstić information content (AvgIpc) is 3.02. The van der Waals surface area contributed by atoms with Crippen LogP contribution in [0.3, 0.4) is 0 Å². The minimum absolute atomic E-state index is 0.667. The van der Waals surface area contributed by atoms with Crippen molar-refractivity contribution >= 4 is 23.8 Å². The standard InChI is InChI=1S/C20H22ClN3O2S/c1-22(13-15-7-8-18(25-2)19(11-15)26-3)14-23-9-10-24(20(23)27)17-6-4-5-16(21)12-17/h4-12H,13-14H2,1-3H3. The summed E-state index contributed by atoms with van der Waals surface area (Å²) >= 11 is 11.7. The van der Waals surface area contributed by atoms with Crippen molar-refractivity contribution in [2.45, 2.75) is 13.2 Å². The summed E-state index contributed by atoms with van der Waals surface area (Å²) in [5, 5.41) is 0.688. The third kappa shape index (κ3) is 4.53. The van der Waals surface area contributed by atoms with Gasteiger partial charge >= 0.3 is 0 Å². The molecule has 1 aromatic heterocycles. The van der Waals surface area contributed by atoms with Crippen molar-refractivity contribution in [1.29, 1.82) is 0 Å². The highest BCUT2D eigenvalue weighted by molar-refractivity contribution is 7.71. The Hall–Kier alpha value is -2.28. The second kappa shape index (κ2) is 8.61. The van der Waals surface area contributed by atoms with E-state index >= 15 is 0 Å². The van der Waals surface area contributed by atoms with Gasteiger partial charge in [0.05, 0.1) is 20.9 Å². The summed E-state index contributed by atoms with van der Waals surface area (Å²) in [6.45, 7) is 1.42. The van der Waals surface area contributed by atoms with Crippen LogP contribution < -0.4 is 9.47 Å². The molecule has 5 nitrogen and oxygen atoms in total. The molecule has 0 N–H and O–H groups in total. The summed E-state index contributed by atoms with van der Waals surface area (Å²) in [7, 11) is 5.33. The number of hydrogen-bond acceptors (Lipinski definition) is 4. The Balaban J connectivity index is 1.73. The summed E-state index contributed by atoms with van der Waals surface area (Å²) in [5.41, 5.74) is 2.09. The van der Waals surface area contributed by atoms with Crippen molar-refractivity contribution in [3.05, 3.63) is 70.2 Å². The van der Waals surface area contributed by atoms with Crippen LogP contribution in [0, 0.1) is 4.77 Å². The van der Waals surface area contributed by atoms with Crippen molar-refractivity contribution in [3.8, 4) is 17.2 Å². The third-order valence-electron chi connectivity index (χ3n) is 4.23. The molecule has 1 heterocycles. The van der Waals surface area contributed by atoms with E-state index in [1.165, 1.54) is 0 Å². The van der Waals surface area contributed by atoms with Gasteiger partial charge in [-0.3, -0.25) is 9.47 Å². The molecule has 2 aromatic carbocycles. The van der Waals surface area contributed by atoms with E-state index in [0.717, 1.165) is 34.1 Å². The van der Waals surface area contributed by atoms with Crippen LogP contribution in [0.4, 0.5) is 0 Å². The van der Waals surface area contributed by atoms with Crippen molar-refractivity contribution < 1.29 is 9.47 Å². The molecule has 0 atom stereocenters. The Morgan fingerprint density at radius 2 is 1.81 bits per heavy atom. The lowest BCUT2D eigenvalue weighted by molar-refractivity contribution is 0.257. The van der Waals surface area contributed by atoms with Crippen LogP contribution in [0.15, 0.2) is 54.9 Å². The molecule has 0 amide bonds. The Labute approximate surface area is 169 Å². The summed E-state index contributed by atoms with van der Waals surface area (Å²) in [4.78, 5) is 2.18. The zero-order valence-electron chi connectivity index (χ0n) is 15.6. The molecule has 7 heteroatoms. The van der Waals surface area contributed by atoms with E-state index in [1.807, 2.05) is 64.0 Å². The van der Waals surface area contributed by atoms with Crippen LogP contribution in [0.5, 0.6) is 11.5 Å². The number of imidazole rings is 1. The Bertz CT molecular complexity index is 983. The molecule has 0 aliphatic rings. The maximum Gasteiger partial charge on any atom is 0.185 e. The van der Waals surface area contributed by atoms with Gasteiger partial charge in [0.15, 0.2) is 16.3 Å². The molecule has 0 spiro atoms. The van der Waals surface area contributed by atoms with Gasteiger partial charge in [0.25, 0.3) is 0 Å². The van der Waals surface area contributed by atoms with E-state index in [0.29, 0.717) is 11.7 Å². The molecule has 27 heavy (non-hydrogen) atoms. The summed E-state index contributed by atoms with van der Waals surface area (Å²) in [6.07, 6.45) is 3.94. The first kappa shape index (κ1) is 19.5. The Kier molecular flexibility index (Phi) is 6.21. The number of hydrogen-bond donors (Lipinski definition) is 0. The molecule has 0 aliphatic heterocycles. The van der Waals surface area contributed by atoms with Crippen LogP contribution >= 0.6 is 23.8 Å². The van der Waals surface area contributed by atoms with E-state index in [-0.39, 0.29) is 0 Å². The fourth-order valence-corrected chi connectivity index (χ4v) is 3.41. The summed E-state index contributed by atoms with van der Waals surface area (Å²) in [5.74, 6) is 1.46. The van der Waals surface area contributed by atoms with Gasteiger partial charge in [-0.2, -0.15) is 0 Å². The van der Waals surface area contributed by atoms with Crippen molar-refractivity contribution in [2.24, 2.45) is 0 Å². The molecule has 3 rings (SSSR count). The van der Waals surface area contributed by atoms with Gasteiger partial charge in [0.2, 0.25) is 0 Å². The fraction of sp³-hybridized carbons (Fsp3) is 0.250. The summed E-state index contributed by atoms with van der Waals surface area (Å²) in [6, 6.07) is 13.6. The van der Waals surface area contributed by atoms with Gasteiger partial charge < -0.3 is 14.0 Å². The quantitative estimate of drug-likeness (QED) is 0.532. The number of methoxy groups -OCH3 is 2. The number of aromatic nitrogens is 2. The molecule has 142 valence electrons. The lowest BCUT2D eigenvalue weighted by Crippen LogP contribution is -2.21. The number of ether oxygens (including phenoxy) is 2. The minimum Gasteiger partial charge on any atom is -0.493 e. The monoisotopic (exact) mass is 403 g/mol. The molecule has 0 unspecified atom stereocenters. The Morgan fingerprint density at radius 3 is 2.52 bits per heavy atom. The van der Waals surface area contributed by atoms with Crippen molar-refractivity contribution in [2.75, 3.05) is 21.3 Å². The lowest BCUT2D eigenvalue weighted by atomic mass is 10.2. The molecular formula is C20H22ClN3O2S. The average molecular weight is 404 g/mol. The molecule has 0 radical (unpaired) electrons. The molecular weight excluding hydrogens is 382 g/mol. The van der Waals surface area contributed by atoms with Gasteiger partial charge in [-0.15, -0.1) is 0 Å². The maximum absolute atomic E-state index is 6.09. The molecule has 3 aromatic rings. The zero-order chi connectivity index (χ0) is 19.4. The molecule has 0 bridgehead atoms. The molecule has 0 fully saturated rings. The van der Waals surface area contributed by atoms with Gasteiger partial charge in [-0.25, -0.2) is 0 Å². The van der Waals surface area contributed by atoms with Gasteiger partial charge in [-0.05, 0) is 55.2 Å². The van der Waals surface area contributed by atoms with Crippen LogP contribution in [-0.4, -0.2) is 35.3 Å². The van der Waals surface area contributed by atoms with E-state index in [2.05, 4.69) is 11.9 Å². The van der Waals surface area contributed by atoms with Crippen molar-refractivity contribution in [1.82, 2.24) is 14.0 Å². The van der Waals surface area contributed by atoms with E-state index in [4.69, 9.17) is 33.3 Å². The highest BCUT2D eigenvalue weighted by Crippen LogP contribution is 2.28. The second-order valence-electron chi connectivity index (χ2n) is 6.25. The van der Waals surface area contributed by atoms with E-state index < -0.39 is 0 Å². The third-order valence-corrected chi connectivity index (χ3v) is 4.89. The van der Waals surface area contributed by atoms with Gasteiger partial charge in [-0.1, -0.05) is 23.7 Å². The fourth-order valence-electron chi connectivity index (χ4n) is 2.94. The van der Waals surface area contributed by atoms with Crippen LogP contribution in [0.25, 0.3) is 5.69 Å². The van der Waals surface area contributed by atoms with Gasteiger partial charge in [0, 0.05) is 29.6 Å². The van der Waals surface area contributed by atoms with E-state index in [9.17, 15) is 0 Å². The first-order valence-electron chi connectivity index (χ1n) is 8.45. The normalized spacial score (nSPS) is 11.0. The van der Waals surface area contributed by atoms with Crippen LogP contribution in [0.2, 0.25) is 5.02 Å². The Morgan fingerprint density at radius 1 is 1.04 bits per heavy atom. The minimum atomic E-state index is 0.667. The number of nitrogens with zero attached hydrogens (tertiary/aromatic N) is 3. The predicted octanol–water partition coefficient (Wildman–Crippen LogP) is 4.77. The molecule has 0 saturated carbocycles. The smallest absolute Gasteiger partial charge is 0.185 e. The maximum atomic E-state index is 6.09. The highest BCUT2D eigenvalue weighted by Gasteiger charge is 2.09. The van der Waals surface area contributed by atoms with Gasteiger partial charge in [0.1, 0.15) is 0 Å². The summed E-state index contributed by atoms with van der Waals surface area (Å²) < 4.78 is 15.4. The molecule has 0 aliphatic carbocycles. The van der Waals surface area contributed by atoms with E-state index in [1.54, 1.807) is 14.2 Å². The zero-order valence-corrected chi connectivity index (χ0v) is 17.1. The SMILES string of the molecule is COc1ccc(CN(C)Cn2ccn(-c3cccc(Cl)c3)c2=S)cc1OC. The predicted molar refractivity (Wildman–Crippen MR) is 111 cm³/mol. The number of benzene rings is 2. The number of rotatable bonds is 7. The number of halogens is 1. The first-order chi connectivity index (χ1) is 13.0. The van der Waals surface area contributed by atoms with Crippen LogP contribution in [0.1, 0.15) is 5.56 Å². The molecule has 0 saturated heterocycles.